The molecule has 0 radical (unpaired) electrons. The van der Waals surface area contributed by atoms with Gasteiger partial charge in [0, 0.05) is 11.5 Å². The number of allylic oxidation sites excluding steroid dienone is 2. The topological polar surface area (TPSA) is 63.6 Å². The van der Waals surface area contributed by atoms with Crippen molar-refractivity contribution in [2.75, 3.05) is 0 Å². The number of carbonyl (C=O) groups is 2. The van der Waals surface area contributed by atoms with Crippen molar-refractivity contribution in [3.05, 3.63) is 36.5 Å². The van der Waals surface area contributed by atoms with Gasteiger partial charge in [-0.3, -0.25) is 4.79 Å². The first-order valence-corrected chi connectivity index (χ1v) is 9.41. The Hall–Kier alpha value is -1.84. The Labute approximate surface area is 149 Å². The average molecular weight is 344 g/mol. The Morgan fingerprint density at radius 2 is 1.84 bits per heavy atom. The third-order valence-electron chi connectivity index (χ3n) is 6.32. The van der Waals surface area contributed by atoms with Crippen LogP contribution in [0.3, 0.4) is 0 Å². The highest BCUT2D eigenvalue weighted by Gasteiger charge is 2.52. The van der Waals surface area contributed by atoms with Gasteiger partial charge in [-0.2, -0.15) is 0 Å². The predicted octanol–water partition coefficient (Wildman–Crippen LogP) is 4.28. The molecule has 0 heterocycles. The standard InChI is InChI=1S/C21H28O4/c1-14(2)20(24)25-21(12-6-5-9-18(21)19(22)23)17-11-10-15-7-3-4-8-16(15)13-17/h5-6,9,12,15-18H,1,3-4,7-8,10-11,13H2,2H3,(H,22,23). The summed E-state index contributed by atoms with van der Waals surface area (Å²) in [7, 11) is 0. The van der Waals surface area contributed by atoms with Gasteiger partial charge in [-0.25, -0.2) is 4.79 Å². The van der Waals surface area contributed by atoms with Crippen molar-refractivity contribution in [3.8, 4) is 0 Å². The molecule has 0 saturated heterocycles. The largest absolute Gasteiger partial charge is 0.481 e. The van der Waals surface area contributed by atoms with E-state index in [1.807, 2.05) is 6.08 Å². The number of carboxylic acids is 1. The van der Waals surface area contributed by atoms with Gasteiger partial charge in [0.05, 0.1) is 0 Å². The smallest absolute Gasteiger partial charge is 0.334 e. The van der Waals surface area contributed by atoms with Crippen molar-refractivity contribution in [2.24, 2.45) is 23.7 Å². The highest BCUT2D eigenvalue weighted by Crippen LogP contribution is 2.50. The molecule has 5 atom stereocenters. The van der Waals surface area contributed by atoms with Crippen LogP contribution in [0.4, 0.5) is 0 Å². The quantitative estimate of drug-likeness (QED) is 0.611. The summed E-state index contributed by atoms with van der Waals surface area (Å²) in [4.78, 5) is 24.3. The first-order chi connectivity index (χ1) is 11.9. The van der Waals surface area contributed by atoms with E-state index in [9.17, 15) is 14.7 Å². The summed E-state index contributed by atoms with van der Waals surface area (Å²) in [6.07, 6.45) is 15.0. The van der Waals surface area contributed by atoms with Crippen LogP contribution in [0, 0.1) is 23.7 Å². The number of hydrogen-bond donors (Lipinski definition) is 1. The van der Waals surface area contributed by atoms with Crippen LogP contribution in [-0.4, -0.2) is 22.6 Å². The van der Waals surface area contributed by atoms with Crippen LogP contribution in [0.1, 0.15) is 51.9 Å². The molecule has 25 heavy (non-hydrogen) atoms. The highest BCUT2D eigenvalue weighted by molar-refractivity contribution is 5.88. The number of ether oxygens (including phenoxy) is 1. The Kier molecular flexibility index (Phi) is 5.16. The second-order valence-electron chi connectivity index (χ2n) is 7.90. The van der Waals surface area contributed by atoms with Crippen molar-refractivity contribution in [2.45, 2.75) is 57.5 Å². The Balaban J connectivity index is 1.92. The molecule has 1 N–H and O–H groups in total. The van der Waals surface area contributed by atoms with Crippen LogP contribution in [-0.2, 0) is 14.3 Å². The average Bonchev–Trinajstić information content (AvgIpc) is 2.61. The molecule has 5 unspecified atom stereocenters. The fourth-order valence-electron chi connectivity index (χ4n) is 5.01. The van der Waals surface area contributed by atoms with Crippen molar-refractivity contribution in [3.63, 3.8) is 0 Å². The first-order valence-electron chi connectivity index (χ1n) is 9.41. The summed E-state index contributed by atoms with van der Waals surface area (Å²) in [5.74, 6) is -0.867. The lowest BCUT2D eigenvalue weighted by molar-refractivity contribution is -0.171. The van der Waals surface area contributed by atoms with Crippen LogP contribution in [0.25, 0.3) is 0 Å². The third-order valence-corrected chi connectivity index (χ3v) is 6.32. The number of carboxylic acid groups (broad SMARTS) is 1. The summed E-state index contributed by atoms with van der Waals surface area (Å²) in [6, 6.07) is 0. The molecule has 3 aliphatic carbocycles. The molecule has 3 rings (SSSR count). The predicted molar refractivity (Wildman–Crippen MR) is 95.8 cm³/mol. The maximum absolute atomic E-state index is 12.3. The van der Waals surface area contributed by atoms with Gasteiger partial charge < -0.3 is 9.84 Å². The van der Waals surface area contributed by atoms with Crippen LogP contribution in [0.15, 0.2) is 36.5 Å². The maximum atomic E-state index is 12.3. The molecule has 0 aromatic rings. The van der Waals surface area contributed by atoms with E-state index < -0.39 is 23.5 Å². The summed E-state index contributed by atoms with van der Waals surface area (Å²) < 4.78 is 5.88. The van der Waals surface area contributed by atoms with Crippen molar-refractivity contribution in [1.82, 2.24) is 0 Å². The second-order valence-corrected chi connectivity index (χ2v) is 7.90. The van der Waals surface area contributed by atoms with E-state index in [0.29, 0.717) is 11.5 Å². The molecule has 2 fully saturated rings. The minimum absolute atomic E-state index is 0.0393. The molecule has 3 aliphatic rings. The lowest BCUT2D eigenvalue weighted by atomic mass is 9.61. The van der Waals surface area contributed by atoms with Gasteiger partial charge in [-0.15, -0.1) is 0 Å². The lowest BCUT2D eigenvalue weighted by Crippen LogP contribution is -2.52. The van der Waals surface area contributed by atoms with Gasteiger partial charge in [0.15, 0.2) is 5.60 Å². The minimum atomic E-state index is -1.10. The van der Waals surface area contributed by atoms with E-state index in [0.717, 1.165) is 25.2 Å². The fraction of sp³-hybridized carbons (Fsp3) is 0.619. The molecule has 0 spiro atoms. The Morgan fingerprint density at radius 1 is 1.12 bits per heavy atom. The fourth-order valence-corrected chi connectivity index (χ4v) is 5.01. The molecule has 0 amide bonds. The van der Waals surface area contributed by atoms with Gasteiger partial charge in [0.1, 0.15) is 5.92 Å². The van der Waals surface area contributed by atoms with Crippen molar-refractivity contribution < 1.29 is 19.4 Å². The Morgan fingerprint density at radius 3 is 2.52 bits per heavy atom. The van der Waals surface area contributed by atoms with Gasteiger partial charge in [-0.05, 0) is 44.1 Å². The van der Waals surface area contributed by atoms with Gasteiger partial charge in [0.25, 0.3) is 0 Å². The zero-order valence-electron chi connectivity index (χ0n) is 14.9. The van der Waals surface area contributed by atoms with Crippen LogP contribution in [0.2, 0.25) is 0 Å². The summed E-state index contributed by atoms with van der Waals surface area (Å²) in [5.41, 5.74) is -0.795. The number of fused-ring (bicyclic) bond motifs is 1. The van der Waals surface area contributed by atoms with Gasteiger partial charge >= 0.3 is 11.9 Å². The molecular formula is C21H28O4. The molecule has 0 aromatic heterocycles. The van der Waals surface area contributed by atoms with E-state index in [4.69, 9.17) is 4.74 Å². The van der Waals surface area contributed by atoms with Crippen LogP contribution < -0.4 is 0 Å². The molecular weight excluding hydrogens is 316 g/mol. The molecule has 4 nitrogen and oxygen atoms in total. The van der Waals surface area contributed by atoms with Gasteiger partial charge in [-0.1, -0.05) is 50.5 Å². The van der Waals surface area contributed by atoms with Crippen molar-refractivity contribution in [1.29, 1.82) is 0 Å². The molecule has 4 heteroatoms. The molecule has 0 bridgehead atoms. The minimum Gasteiger partial charge on any atom is -0.481 e. The molecule has 2 saturated carbocycles. The number of carbonyl (C=O) groups excluding carboxylic acids is 1. The van der Waals surface area contributed by atoms with Gasteiger partial charge in [0.2, 0.25) is 0 Å². The molecule has 0 aromatic carbocycles. The number of hydrogen-bond acceptors (Lipinski definition) is 3. The summed E-state index contributed by atoms with van der Waals surface area (Å²) >= 11 is 0. The van der Waals surface area contributed by atoms with Crippen molar-refractivity contribution >= 4 is 11.9 Å². The summed E-state index contributed by atoms with van der Waals surface area (Å²) in [5, 5.41) is 9.79. The van der Waals surface area contributed by atoms with E-state index in [1.54, 1.807) is 25.2 Å². The zero-order chi connectivity index (χ0) is 18.0. The highest BCUT2D eigenvalue weighted by atomic mass is 16.6. The van der Waals surface area contributed by atoms with E-state index >= 15 is 0 Å². The first kappa shape index (κ1) is 18.0. The SMILES string of the molecule is C=C(C)C(=O)OC1(C2CCC3CCCCC3C2)C=CC=CC1C(=O)O. The third kappa shape index (κ3) is 3.44. The number of esters is 1. The monoisotopic (exact) mass is 344 g/mol. The van der Waals surface area contributed by atoms with E-state index in [2.05, 4.69) is 6.58 Å². The van der Waals surface area contributed by atoms with E-state index in [1.165, 1.54) is 25.7 Å². The maximum Gasteiger partial charge on any atom is 0.334 e. The van der Waals surface area contributed by atoms with Crippen LogP contribution in [0.5, 0.6) is 0 Å². The molecule has 0 aliphatic heterocycles. The van der Waals surface area contributed by atoms with Crippen LogP contribution >= 0.6 is 0 Å². The molecule has 136 valence electrons. The number of rotatable bonds is 4. The second kappa shape index (κ2) is 7.19. The number of aliphatic carboxylic acids is 1. The lowest BCUT2D eigenvalue weighted by Gasteiger charge is -2.48. The normalized spacial score (nSPS) is 37.2. The van der Waals surface area contributed by atoms with E-state index in [-0.39, 0.29) is 5.92 Å². The Bertz CT molecular complexity index is 617. The zero-order valence-corrected chi connectivity index (χ0v) is 14.9. The summed E-state index contributed by atoms with van der Waals surface area (Å²) in [6.45, 7) is 5.27.